The first-order chi connectivity index (χ1) is 6.20. The highest BCUT2D eigenvalue weighted by Gasteiger charge is 2.33. The highest BCUT2D eigenvalue weighted by Crippen LogP contribution is 2.39. The van der Waals surface area contributed by atoms with Crippen molar-refractivity contribution in [2.24, 2.45) is 5.92 Å². The second-order valence-corrected chi connectivity index (χ2v) is 4.19. The van der Waals surface area contributed by atoms with Crippen LogP contribution in [0.5, 0.6) is 0 Å². The van der Waals surface area contributed by atoms with Crippen LogP contribution in [0.3, 0.4) is 0 Å². The van der Waals surface area contributed by atoms with Crippen LogP contribution in [0.15, 0.2) is 24.3 Å². The zero-order valence-electron chi connectivity index (χ0n) is 8.13. The van der Waals surface area contributed by atoms with E-state index in [0.717, 1.165) is 0 Å². The molecule has 1 aromatic carbocycles. The van der Waals surface area contributed by atoms with Gasteiger partial charge in [-0.3, -0.25) is 0 Å². The Kier molecular flexibility index (Phi) is 2.10. The number of halogens is 1. The summed E-state index contributed by atoms with van der Waals surface area (Å²) in [4.78, 5) is 0. The molecule has 70 valence electrons. The minimum Gasteiger partial charge on any atom is -0.246 e. The Morgan fingerprint density at radius 3 is 2.69 bits per heavy atom. The molecule has 1 aromatic rings. The Bertz CT molecular complexity index is 304. The topological polar surface area (TPSA) is 0 Å². The Hall–Kier alpha value is -0.850. The molecule has 0 nitrogen and oxygen atoms in total. The summed E-state index contributed by atoms with van der Waals surface area (Å²) >= 11 is 0. The molecule has 2 rings (SSSR count). The van der Waals surface area contributed by atoms with E-state index < -0.39 is 6.17 Å². The van der Waals surface area contributed by atoms with E-state index in [9.17, 15) is 4.39 Å². The van der Waals surface area contributed by atoms with Gasteiger partial charge in [0.05, 0.1) is 0 Å². The van der Waals surface area contributed by atoms with Crippen LogP contribution in [0.1, 0.15) is 30.9 Å². The molecule has 0 spiro atoms. The number of alkyl halides is 1. The standard InChI is InChI=1S/C12H15F/c1-8(2)12-10-6-4-3-5-9(10)7-11(12)13/h3-6,8,11-12H,7H2,1-2H3/t11-,12-/m1/s1. The van der Waals surface area contributed by atoms with Crippen LogP contribution in [0, 0.1) is 5.92 Å². The molecule has 0 aromatic heterocycles. The van der Waals surface area contributed by atoms with Crippen molar-refractivity contribution in [3.8, 4) is 0 Å². The number of hydrogen-bond acceptors (Lipinski definition) is 0. The van der Waals surface area contributed by atoms with Gasteiger partial charge >= 0.3 is 0 Å². The fourth-order valence-corrected chi connectivity index (χ4v) is 2.35. The van der Waals surface area contributed by atoms with E-state index in [1.165, 1.54) is 11.1 Å². The van der Waals surface area contributed by atoms with Gasteiger partial charge in [-0.25, -0.2) is 4.39 Å². The maximum Gasteiger partial charge on any atom is 0.111 e. The molecular formula is C12H15F. The second kappa shape index (κ2) is 3.13. The van der Waals surface area contributed by atoms with Crippen molar-refractivity contribution in [1.29, 1.82) is 0 Å². The molecule has 0 N–H and O–H groups in total. The van der Waals surface area contributed by atoms with Gasteiger partial charge in [0.25, 0.3) is 0 Å². The smallest absolute Gasteiger partial charge is 0.111 e. The predicted molar refractivity (Wildman–Crippen MR) is 52.6 cm³/mol. The van der Waals surface area contributed by atoms with Gasteiger partial charge in [-0.15, -0.1) is 0 Å². The highest BCUT2D eigenvalue weighted by molar-refractivity contribution is 5.37. The number of benzene rings is 1. The lowest BCUT2D eigenvalue weighted by molar-refractivity contribution is 0.260. The summed E-state index contributed by atoms with van der Waals surface area (Å²) in [5.41, 5.74) is 2.43. The van der Waals surface area contributed by atoms with E-state index in [1.54, 1.807) is 0 Å². The van der Waals surface area contributed by atoms with Gasteiger partial charge in [0.15, 0.2) is 0 Å². The third kappa shape index (κ3) is 1.37. The Balaban J connectivity index is 2.40. The first kappa shape index (κ1) is 8.74. The molecular weight excluding hydrogens is 163 g/mol. The lowest BCUT2D eigenvalue weighted by Gasteiger charge is -2.18. The summed E-state index contributed by atoms with van der Waals surface area (Å²) in [6.45, 7) is 4.19. The molecule has 0 aliphatic heterocycles. The lowest BCUT2D eigenvalue weighted by Crippen LogP contribution is -2.14. The van der Waals surface area contributed by atoms with Crippen molar-refractivity contribution >= 4 is 0 Å². The van der Waals surface area contributed by atoms with Gasteiger partial charge in [0, 0.05) is 12.3 Å². The lowest BCUT2D eigenvalue weighted by atomic mass is 9.89. The molecule has 0 saturated heterocycles. The van der Waals surface area contributed by atoms with Gasteiger partial charge in [-0.2, -0.15) is 0 Å². The van der Waals surface area contributed by atoms with E-state index in [-0.39, 0.29) is 5.92 Å². The van der Waals surface area contributed by atoms with Gasteiger partial charge in [0.1, 0.15) is 6.17 Å². The molecule has 1 heteroatoms. The zero-order valence-corrected chi connectivity index (χ0v) is 8.13. The van der Waals surface area contributed by atoms with Crippen LogP contribution in [-0.4, -0.2) is 6.17 Å². The molecule has 0 fully saturated rings. The minimum absolute atomic E-state index is 0.121. The van der Waals surface area contributed by atoms with E-state index in [1.807, 2.05) is 18.2 Å². The second-order valence-electron chi connectivity index (χ2n) is 4.19. The Morgan fingerprint density at radius 1 is 1.31 bits per heavy atom. The molecule has 0 amide bonds. The predicted octanol–water partition coefficient (Wildman–Crippen LogP) is 3.32. The minimum atomic E-state index is -0.669. The van der Waals surface area contributed by atoms with Crippen molar-refractivity contribution in [3.05, 3.63) is 35.4 Å². The summed E-state index contributed by atoms with van der Waals surface area (Å²) in [5, 5.41) is 0. The zero-order chi connectivity index (χ0) is 9.42. The quantitative estimate of drug-likeness (QED) is 0.618. The SMILES string of the molecule is CC(C)[C@@H]1c2ccccc2C[C@H]1F. The molecule has 0 heterocycles. The molecule has 0 unspecified atom stereocenters. The van der Waals surface area contributed by atoms with E-state index in [0.29, 0.717) is 12.3 Å². The average molecular weight is 178 g/mol. The molecule has 0 saturated carbocycles. The molecule has 0 radical (unpaired) electrons. The summed E-state index contributed by atoms with van der Waals surface area (Å²) in [6, 6.07) is 8.12. The van der Waals surface area contributed by atoms with Crippen LogP contribution in [0.2, 0.25) is 0 Å². The number of rotatable bonds is 1. The fourth-order valence-electron chi connectivity index (χ4n) is 2.35. The molecule has 13 heavy (non-hydrogen) atoms. The van der Waals surface area contributed by atoms with Crippen molar-refractivity contribution in [2.45, 2.75) is 32.4 Å². The maximum absolute atomic E-state index is 13.6. The van der Waals surface area contributed by atoms with Crippen LogP contribution in [-0.2, 0) is 6.42 Å². The Morgan fingerprint density at radius 2 is 2.00 bits per heavy atom. The van der Waals surface area contributed by atoms with Gasteiger partial charge in [-0.1, -0.05) is 38.1 Å². The van der Waals surface area contributed by atoms with Gasteiger partial charge in [-0.05, 0) is 17.0 Å². The summed E-state index contributed by atoms with van der Waals surface area (Å²) in [7, 11) is 0. The van der Waals surface area contributed by atoms with Crippen LogP contribution in [0.25, 0.3) is 0 Å². The maximum atomic E-state index is 13.6. The fraction of sp³-hybridized carbons (Fsp3) is 0.500. The van der Waals surface area contributed by atoms with Crippen LogP contribution >= 0.6 is 0 Å². The molecule has 1 aliphatic rings. The monoisotopic (exact) mass is 178 g/mol. The van der Waals surface area contributed by atoms with E-state index in [4.69, 9.17) is 0 Å². The Labute approximate surface area is 78.8 Å². The van der Waals surface area contributed by atoms with E-state index in [2.05, 4.69) is 19.9 Å². The van der Waals surface area contributed by atoms with Gasteiger partial charge < -0.3 is 0 Å². The largest absolute Gasteiger partial charge is 0.246 e. The van der Waals surface area contributed by atoms with Crippen LogP contribution < -0.4 is 0 Å². The first-order valence-electron chi connectivity index (χ1n) is 4.92. The molecule has 2 atom stereocenters. The molecule has 0 bridgehead atoms. The van der Waals surface area contributed by atoms with Crippen molar-refractivity contribution in [3.63, 3.8) is 0 Å². The third-order valence-electron chi connectivity index (χ3n) is 2.94. The summed E-state index contributed by atoms with van der Waals surface area (Å²) < 4.78 is 13.6. The van der Waals surface area contributed by atoms with Crippen LogP contribution in [0.4, 0.5) is 4.39 Å². The van der Waals surface area contributed by atoms with Crippen molar-refractivity contribution < 1.29 is 4.39 Å². The molecule has 1 aliphatic carbocycles. The third-order valence-corrected chi connectivity index (χ3v) is 2.94. The normalized spacial score (nSPS) is 26.5. The van der Waals surface area contributed by atoms with Crippen molar-refractivity contribution in [2.75, 3.05) is 0 Å². The van der Waals surface area contributed by atoms with Crippen molar-refractivity contribution in [1.82, 2.24) is 0 Å². The van der Waals surface area contributed by atoms with E-state index >= 15 is 0 Å². The average Bonchev–Trinajstić information content (AvgIpc) is 2.39. The number of fused-ring (bicyclic) bond motifs is 1. The summed E-state index contributed by atoms with van der Waals surface area (Å²) in [6.07, 6.45) is -0.0589. The number of hydrogen-bond donors (Lipinski definition) is 0. The van der Waals surface area contributed by atoms with Gasteiger partial charge in [0.2, 0.25) is 0 Å². The first-order valence-corrected chi connectivity index (χ1v) is 4.92. The summed E-state index contributed by atoms with van der Waals surface area (Å²) in [5.74, 6) is 0.523. The highest BCUT2D eigenvalue weighted by atomic mass is 19.1.